The van der Waals surface area contributed by atoms with Gasteiger partial charge in [-0.25, -0.2) is 0 Å². The first-order valence-corrected chi connectivity index (χ1v) is 19.1. The molecule has 0 N–H and O–H groups in total. The molecule has 7 rings (SSSR count). The fourth-order valence-electron chi connectivity index (χ4n) is 5.00. The van der Waals surface area contributed by atoms with E-state index in [0.29, 0.717) is 0 Å². The van der Waals surface area contributed by atoms with Crippen LogP contribution in [0.2, 0.25) is 0 Å². The smallest absolute Gasteiger partial charge is 0.102 e. The third kappa shape index (κ3) is 11.0. The first kappa shape index (κ1) is 35.6. The molecule has 4 heteroatoms. The molecule has 7 aromatic rings. The number of halogens is 1. The Labute approximate surface area is 304 Å². The predicted molar refractivity (Wildman–Crippen MR) is 211 cm³/mol. The maximum atomic E-state index is 2.93. The molecule has 0 aliphatic heterocycles. The van der Waals surface area contributed by atoms with Gasteiger partial charge in [0.1, 0.15) is 31.8 Å². The summed E-state index contributed by atoms with van der Waals surface area (Å²) < 4.78 is 1.26. The number of hydrogen-bond acceptors (Lipinski definition) is 0. The first-order valence-electron chi connectivity index (χ1n) is 15.0. The number of hydrogen-bond donors (Lipinski definition) is 0. The zero-order chi connectivity index (χ0) is 30.9. The summed E-state index contributed by atoms with van der Waals surface area (Å²) in [6.07, 6.45) is 0. The van der Waals surface area contributed by atoms with Gasteiger partial charge in [0.2, 0.25) is 0 Å². The summed E-state index contributed by atoms with van der Waals surface area (Å²) in [5.74, 6) is 0. The van der Waals surface area contributed by atoms with E-state index in [-0.39, 0.29) is 20.4 Å². The summed E-state index contributed by atoms with van der Waals surface area (Å²) >= 11 is 2.26. The van der Waals surface area contributed by atoms with Gasteiger partial charge >= 0.3 is 0 Å². The molecule has 0 amide bonds. The van der Waals surface area contributed by atoms with Gasteiger partial charge in [0.15, 0.2) is 0 Å². The maximum Gasteiger partial charge on any atom is 0.102 e. The number of rotatable bonds is 6. The van der Waals surface area contributed by atoms with Crippen LogP contribution in [0.3, 0.4) is 0 Å². The first-order chi connectivity index (χ1) is 22.3. The van der Waals surface area contributed by atoms with Crippen LogP contribution in [0.15, 0.2) is 206 Å². The Morgan fingerprint density at radius 2 is 0.500 bits per heavy atom. The Hall–Kier alpha value is -3.21. The van der Waals surface area contributed by atoms with Crippen LogP contribution < -0.4 is 31.8 Å². The van der Waals surface area contributed by atoms with E-state index in [1.807, 2.05) is 24.3 Å². The zero-order valence-corrected chi connectivity index (χ0v) is 31.0. The van der Waals surface area contributed by atoms with E-state index in [9.17, 15) is 0 Å². The summed E-state index contributed by atoms with van der Waals surface area (Å²) in [5.41, 5.74) is 0. The average Bonchev–Trinajstić information content (AvgIpc) is 3.12. The molecular formula is C42H36IP2Pd+. The van der Waals surface area contributed by atoms with E-state index >= 15 is 0 Å². The van der Waals surface area contributed by atoms with E-state index in [1.165, 1.54) is 35.4 Å². The Bertz CT molecular complexity index is 1470. The quantitative estimate of drug-likeness (QED) is 0.0684. The summed E-state index contributed by atoms with van der Waals surface area (Å²) in [7, 11) is -1.75. The Morgan fingerprint density at radius 3 is 0.652 bits per heavy atom. The SMILES string of the molecule is Ic1cc[c-]cc1.[Pd].c1ccc([PH+](c2ccccc2)c2ccccc2)cc1.c1ccc([PH+](c2ccccc2)c2ccccc2)cc1. The number of benzene rings is 7. The van der Waals surface area contributed by atoms with Crippen LogP contribution in [0.1, 0.15) is 0 Å². The molecule has 0 unspecified atom stereocenters. The predicted octanol–water partition coefficient (Wildman–Crippen LogP) is 8.44. The van der Waals surface area contributed by atoms with Crippen molar-refractivity contribution in [3.8, 4) is 0 Å². The molecule has 0 saturated carbocycles. The second-order valence-electron chi connectivity index (χ2n) is 10.2. The van der Waals surface area contributed by atoms with E-state index in [4.69, 9.17) is 0 Å². The Morgan fingerprint density at radius 1 is 0.304 bits per heavy atom. The minimum absolute atomic E-state index is 0. The molecule has 46 heavy (non-hydrogen) atoms. The van der Waals surface area contributed by atoms with Crippen molar-refractivity contribution in [3.63, 3.8) is 0 Å². The molecule has 0 nitrogen and oxygen atoms in total. The van der Waals surface area contributed by atoms with Gasteiger partial charge in [0.25, 0.3) is 0 Å². The normalized spacial score (nSPS) is 10.1. The molecule has 230 valence electrons. The molecule has 0 heterocycles. The second-order valence-corrected chi connectivity index (χ2v) is 16.4. The van der Waals surface area contributed by atoms with Gasteiger partial charge in [-0.05, 0) is 72.8 Å². The summed E-state index contributed by atoms with van der Waals surface area (Å²) in [6.45, 7) is 0. The van der Waals surface area contributed by atoms with Crippen LogP contribution in [0.5, 0.6) is 0 Å². The van der Waals surface area contributed by atoms with Crippen molar-refractivity contribution < 1.29 is 20.4 Å². The largest absolute Gasteiger partial charge is 0.184 e. The van der Waals surface area contributed by atoms with E-state index in [1.54, 1.807) is 0 Å². The molecule has 0 atom stereocenters. The third-order valence-corrected chi connectivity index (χ3v) is 13.2. The van der Waals surface area contributed by atoms with Gasteiger partial charge in [0.05, 0.1) is 15.8 Å². The molecular weight excluding hydrogens is 800 g/mol. The summed E-state index contributed by atoms with van der Waals surface area (Å²) in [5, 5.41) is 8.61. The topological polar surface area (TPSA) is 0 Å². The minimum atomic E-state index is -0.877. The van der Waals surface area contributed by atoms with Crippen molar-refractivity contribution in [2.24, 2.45) is 0 Å². The monoisotopic (exact) mass is 835 g/mol. The van der Waals surface area contributed by atoms with Crippen LogP contribution in [0, 0.1) is 9.64 Å². The molecule has 0 aliphatic rings. The van der Waals surface area contributed by atoms with Crippen LogP contribution in [0.25, 0.3) is 0 Å². The Balaban J connectivity index is 0.000000170. The molecule has 0 radical (unpaired) electrons. The van der Waals surface area contributed by atoms with Crippen LogP contribution in [0.4, 0.5) is 0 Å². The van der Waals surface area contributed by atoms with E-state index in [0.717, 1.165) is 0 Å². The van der Waals surface area contributed by atoms with Gasteiger partial charge in [0, 0.05) is 20.4 Å². The van der Waals surface area contributed by atoms with Gasteiger partial charge in [-0.3, -0.25) is 0 Å². The van der Waals surface area contributed by atoms with Crippen LogP contribution in [-0.4, -0.2) is 0 Å². The van der Waals surface area contributed by atoms with Gasteiger partial charge < -0.3 is 0 Å². The van der Waals surface area contributed by atoms with Crippen LogP contribution >= 0.6 is 38.4 Å². The fraction of sp³-hybridized carbons (Fsp3) is 0. The zero-order valence-electron chi connectivity index (χ0n) is 25.3. The van der Waals surface area contributed by atoms with E-state index < -0.39 is 15.8 Å². The standard InChI is InChI=1S/2C18H15P.C6H4I.Pd/c2*1-4-10-16(11-5-1)19(17-12-6-2-7-13-17)18-14-8-3-9-15-18;7-6-4-2-1-3-5-6;/h2*1-15H;2-5H;/q;;-1;/p+2. The fourth-order valence-corrected chi connectivity index (χ4v) is 10.5. The van der Waals surface area contributed by atoms with Crippen molar-refractivity contribution in [2.75, 3.05) is 0 Å². The third-order valence-electron chi connectivity index (χ3n) is 7.05. The van der Waals surface area contributed by atoms with Gasteiger partial charge in [-0.2, -0.15) is 30.3 Å². The molecule has 0 aromatic heterocycles. The average molecular weight is 836 g/mol. The maximum absolute atomic E-state index is 2.93. The second kappa shape index (κ2) is 20.1. The molecule has 0 spiro atoms. The molecule has 0 bridgehead atoms. The molecule has 0 fully saturated rings. The van der Waals surface area contributed by atoms with Crippen LogP contribution in [-0.2, 0) is 20.4 Å². The molecule has 7 aromatic carbocycles. The molecule has 0 saturated heterocycles. The van der Waals surface area contributed by atoms with E-state index in [2.05, 4.69) is 211 Å². The van der Waals surface area contributed by atoms with Crippen molar-refractivity contribution in [3.05, 3.63) is 216 Å². The molecule has 0 aliphatic carbocycles. The van der Waals surface area contributed by atoms with Gasteiger partial charge in [-0.1, -0.05) is 135 Å². The van der Waals surface area contributed by atoms with Crippen molar-refractivity contribution in [1.29, 1.82) is 0 Å². The van der Waals surface area contributed by atoms with Crippen molar-refractivity contribution in [1.82, 2.24) is 0 Å². The summed E-state index contributed by atoms with van der Waals surface area (Å²) in [6, 6.07) is 75.8. The summed E-state index contributed by atoms with van der Waals surface area (Å²) in [4.78, 5) is 0. The van der Waals surface area contributed by atoms with Crippen molar-refractivity contribution >= 4 is 70.3 Å². The van der Waals surface area contributed by atoms with Crippen molar-refractivity contribution in [2.45, 2.75) is 0 Å². The Kier molecular flexibility index (Phi) is 15.6. The van der Waals surface area contributed by atoms with Gasteiger partial charge in [-0.15, -0.1) is 0 Å². The minimum Gasteiger partial charge on any atom is -0.184 e.